The number of ether oxygens (including phenoxy) is 2. The quantitative estimate of drug-likeness (QED) is 0.393. The van der Waals surface area contributed by atoms with Crippen LogP contribution in [0.4, 0.5) is 0 Å². The van der Waals surface area contributed by atoms with E-state index in [9.17, 15) is 9.59 Å². The molecule has 6 heteroatoms. The molecule has 2 aromatic rings. The van der Waals surface area contributed by atoms with E-state index < -0.39 is 5.97 Å². The second-order valence-corrected chi connectivity index (χ2v) is 6.74. The van der Waals surface area contributed by atoms with Gasteiger partial charge in [0.05, 0.1) is 12.2 Å². The topological polar surface area (TPSA) is 64.6 Å². The number of amides is 1. The number of nitrogens with one attached hydrogen (secondary N) is 1. The number of hydrogen-bond acceptors (Lipinski definition) is 5. The molecule has 0 spiro atoms. The minimum atomic E-state index is -0.510. The Labute approximate surface area is 158 Å². The first kappa shape index (κ1) is 20.0. The average molecular weight is 373 g/mol. The second kappa shape index (κ2) is 11.3. The minimum Gasteiger partial charge on any atom is -0.452 e. The zero-order chi connectivity index (χ0) is 18.6. The number of methoxy groups -OCH3 is 1. The Hall–Kier alpha value is -2.31. The van der Waals surface area contributed by atoms with Gasteiger partial charge in [0.25, 0.3) is 5.91 Å². The molecule has 0 aliphatic carbocycles. The van der Waals surface area contributed by atoms with Gasteiger partial charge in [-0.2, -0.15) is 0 Å². The summed E-state index contributed by atoms with van der Waals surface area (Å²) in [6.45, 7) is 0.771. The van der Waals surface area contributed by atoms with Crippen LogP contribution in [-0.4, -0.2) is 37.9 Å². The number of carbonyl (C=O) groups excluding carboxylic acids is 2. The van der Waals surface area contributed by atoms with Crippen LogP contribution in [0.5, 0.6) is 0 Å². The Balaban J connectivity index is 1.59. The summed E-state index contributed by atoms with van der Waals surface area (Å²) in [6, 6.07) is 17.0. The molecule has 1 N–H and O–H groups in total. The second-order valence-electron chi connectivity index (χ2n) is 5.57. The summed E-state index contributed by atoms with van der Waals surface area (Å²) in [5.74, 6) is 0.112. The highest BCUT2D eigenvalue weighted by atomic mass is 32.2. The average Bonchev–Trinajstić information content (AvgIpc) is 2.67. The Morgan fingerprint density at radius 2 is 1.77 bits per heavy atom. The van der Waals surface area contributed by atoms with E-state index in [0.717, 1.165) is 17.7 Å². The number of rotatable bonds is 10. The molecule has 0 radical (unpaired) electrons. The van der Waals surface area contributed by atoms with Crippen molar-refractivity contribution in [1.82, 2.24) is 5.32 Å². The van der Waals surface area contributed by atoms with E-state index in [1.54, 1.807) is 43.1 Å². The first-order valence-electron chi connectivity index (χ1n) is 8.38. The standard InChI is InChI=1S/C20H23NO4S/c1-24-14-16-8-10-17(11-9-16)20(23)25-15-19(22)21-12-5-13-26-18-6-3-2-4-7-18/h2-4,6-11H,5,12-15H2,1H3,(H,21,22). The van der Waals surface area contributed by atoms with Crippen LogP contribution in [-0.2, 0) is 20.9 Å². The molecule has 0 fully saturated rings. The molecule has 1 amide bonds. The van der Waals surface area contributed by atoms with E-state index in [4.69, 9.17) is 9.47 Å². The third-order valence-corrected chi connectivity index (χ3v) is 4.59. The van der Waals surface area contributed by atoms with Crippen LogP contribution in [0.25, 0.3) is 0 Å². The van der Waals surface area contributed by atoms with Crippen molar-refractivity contribution in [1.29, 1.82) is 0 Å². The molecular weight excluding hydrogens is 350 g/mol. The molecule has 0 aliphatic heterocycles. The zero-order valence-electron chi connectivity index (χ0n) is 14.8. The lowest BCUT2D eigenvalue weighted by molar-refractivity contribution is -0.124. The lowest BCUT2D eigenvalue weighted by Gasteiger charge is -2.07. The van der Waals surface area contributed by atoms with E-state index in [0.29, 0.717) is 18.7 Å². The smallest absolute Gasteiger partial charge is 0.338 e. The monoisotopic (exact) mass is 373 g/mol. The molecule has 0 atom stereocenters. The van der Waals surface area contributed by atoms with Crippen molar-refractivity contribution in [3.63, 3.8) is 0 Å². The maximum Gasteiger partial charge on any atom is 0.338 e. The summed E-state index contributed by atoms with van der Waals surface area (Å²) in [4.78, 5) is 24.9. The van der Waals surface area contributed by atoms with Crippen LogP contribution in [0.2, 0.25) is 0 Å². The number of carbonyl (C=O) groups is 2. The highest BCUT2D eigenvalue weighted by molar-refractivity contribution is 7.99. The van der Waals surface area contributed by atoms with Crippen molar-refractivity contribution >= 4 is 23.6 Å². The van der Waals surface area contributed by atoms with Crippen LogP contribution in [0.3, 0.4) is 0 Å². The fourth-order valence-corrected chi connectivity index (χ4v) is 3.05. The normalized spacial score (nSPS) is 10.3. The highest BCUT2D eigenvalue weighted by Crippen LogP contribution is 2.17. The zero-order valence-corrected chi connectivity index (χ0v) is 15.6. The summed E-state index contributed by atoms with van der Waals surface area (Å²) in [5.41, 5.74) is 1.38. The molecule has 26 heavy (non-hydrogen) atoms. The maximum atomic E-state index is 11.9. The van der Waals surface area contributed by atoms with Gasteiger partial charge in [0, 0.05) is 18.6 Å². The van der Waals surface area contributed by atoms with E-state index in [1.165, 1.54) is 4.90 Å². The van der Waals surface area contributed by atoms with Crippen molar-refractivity contribution in [3.8, 4) is 0 Å². The summed E-state index contributed by atoms with van der Waals surface area (Å²) in [7, 11) is 1.61. The first-order valence-corrected chi connectivity index (χ1v) is 9.37. The molecule has 138 valence electrons. The van der Waals surface area contributed by atoms with Gasteiger partial charge in [-0.25, -0.2) is 4.79 Å². The molecular formula is C20H23NO4S. The van der Waals surface area contributed by atoms with Gasteiger partial charge in [0.2, 0.25) is 0 Å². The minimum absolute atomic E-state index is 0.273. The van der Waals surface area contributed by atoms with Crippen molar-refractivity contribution in [2.24, 2.45) is 0 Å². The molecule has 0 heterocycles. The maximum absolute atomic E-state index is 11.9. The summed E-state index contributed by atoms with van der Waals surface area (Å²) < 4.78 is 10.0. The number of esters is 1. The third kappa shape index (κ3) is 7.29. The fourth-order valence-electron chi connectivity index (χ4n) is 2.18. The van der Waals surface area contributed by atoms with Crippen molar-refractivity contribution in [2.45, 2.75) is 17.9 Å². The Morgan fingerprint density at radius 1 is 1.04 bits per heavy atom. The van der Waals surface area contributed by atoms with Gasteiger partial charge in [0.1, 0.15) is 0 Å². The Morgan fingerprint density at radius 3 is 2.46 bits per heavy atom. The summed E-state index contributed by atoms with van der Waals surface area (Å²) >= 11 is 1.75. The fraction of sp³-hybridized carbons (Fsp3) is 0.300. The number of hydrogen-bond donors (Lipinski definition) is 1. The van der Waals surface area contributed by atoms with E-state index >= 15 is 0 Å². The Bertz CT molecular complexity index is 689. The van der Waals surface area contributed by atoms with E-state index in [-0.39, 0.29) is 12.5 Å². The van der Waals surface area contributed by atoms with Crippen LogP contribution in [0.15, 0.2) is 59.5 Å². The lowest BCUT2D eigenvalue weighted by atomic mass is 10.1. The van der Waals surface area contributed by atoms with Crippen LogP contribution < -0.4 is 5.32 Å². The predicted molar refractivity (Wildman–Crippen MR) is 102 cm³/mol. The van der Waals surface area contributed by atoms with Crippen LogP contribution in [0, 0.1) is 0 Å². The van der Waals surface area contributed by atoms with Crippen molar-refractivity contribution < 1.29 is 19.1 Å². The molecule has 0 bridgehead atoms. The number of benzene rings is 2. The molecule has 0 saturated heterocycles. The third-order valence-electron chi connectivity index (χ3n) is 3.49. The summed E-state index contributed by atoms with van der Waals surface area (Å²) in [6.07, 6.45) is 0.847. The Kier molecular flexibility index (Phi) is 8.72. The van der Waals surface area contributed by atoms with Gasteiger partial charge in [-0.15, -0.1) is 11.8 Å². The van der Waals surface area contributed by atoms with Gasteiger partial charge in [-0.05, 0) is 42.0 Å². The van der Waals surface area contributed by atoms with Crippen LogP contribution in [0.1, 0.15) is 22.3 Å². The lowest BCUT2D eigenvalue weighted by Crippen LogP contribution is -2.29. The molecule has 0 saturated carbocycles. The highest BCUT2D eigenvalue weighted by Gasteiger charge is 2.10. The summed E-state index contributed by atoms with van der Waals surface area (Å²) in [5, 5.41) is 2.76. The van der Waals surface area contributed by atoms with Gasteiger partial charge in [0.15, 0.2) is 6.61 Å². The SMILES string of the molecule is COCc1ccc(C(=O)OCC(=O)NCCCSc2ccccc2)cc1. The van der Waals surface area contributed by atoms with Crippen LogP contribution >= 0.6 is 11.8 Å². The van der Waals surface area contributed by atoms with E-state index in [2.05, 4.69) is 17.4 Å². The number of thioether (sulfide) groups is 1. The molecule has 5 nitrogen and oxygen atoms in total. The van der Waals surface area contributed by atoms with E-state index in [1.807, 2.05) is 18.2 Å². The van der Waals surface area contributed by atoms with Gasteiger partial charge in [-0.3, -0.25) is 4.79 Å². The predicted octanol–water partition coefficient (Wildman–Crippen LogP) is 3.29. The first-order chi connectivity index (χ1) is 12.7. The molecule has 2 aromatic carbocycles. The largest absolute Gasteiger partial charge is 0.452 e. The molecule has 0 unspecified atom stereocenters. The molecule has 2 rings (SSSR count). The van der Waals surface area contributed by atoms with Crippen molar-refractivity contribution in [3.05, 3.63) is 65.7 Å². The molecule has 0 aliphatic rings. The van der Waals surface area contributed by atoms with Gasteiger partial charge < -0.3 is 14.8 Å². The van der Waals surface area contributed by atoms with Gasteiger partial charge in [-0.1, -0.05) is 30.3 Å². The molecule has 0 aromatic heterocycles. The van der Waals surface area contributed by atoms with Crippen molar-refractivity contribution in [2.75, 3.05) is 26.0 Å². The van der Waals surface area contributed by atoms with Gasteiger partial charge >= 0.3 is 5.97 Å².